The summed E-state index contributed by atoms with van der Waals surface area (Å²) in [5.74, 6) is -0.838. The molecule has 1 aromatic carbocycles. The van der Waals surface area contributed by atoms with Crippen LogP contribution in [0.2, 0.25) is 5.02 Å². The first-order valence-corrected chi connectivity index (χ1v) is 10.3. The highest BCUT2D eigenvalue weighted by Gasteiger charge is 2.43. The Labute approximate surface area is 180 Å². The largest absolute Gasteiger partial charge is 0.425 e. The molecule has 2 N–H and O–H groups in total. The van der Waals surface area contributed by atoms with Gasteiger partial charge in [-0.2, -0.15) is 0 Å². The Morgan fingerprint density at radius 2 is 1.90 bits per heavy atom. The van der Waals surface area contributed by atoms with Crippen molar-refractivity contribution in [3.05, 3.63) is 34.9 Å². The third-order valence-electron chi connectivity index (χ3n) is 4.99. The predicted octanol–water partition coefficient (Wildman–Crippen LogP) is 2.86. The number of hydrogen-bond acceptors (Lipinski definition) is 6. The lowest BCUT2D eigenvalue weighted by molar-refractivity contribution is -0.164. The molecule has 1 fully saturated rings. The van der Waals surface area contributed by atoms with Crippen LogP contribution in [-0.4, -0.2) is 43.1 Å². The smallest absolute Gasteiger partial charge is 0.410 e. The minimum absolute atomic E-state index is 0.0274. The van der Waals surface area contributed by atoms with E-state index in [1.807, 2.05) is 6.07 Å². The van der Waals surface area contributed by atoms with E-state index in [4.69, 9.17) is 21.1 Å². The summed E-state index contributed by atoms with van der Waals surface area (Å²) in [5.41, 5.74) is -0.220. The van der Waals surface area contributed by atoms with E-state index in [2.05, 4.69) is 10.6 Å². The van der Waals surface area contributed by atoms with Crippen molar-refractivity contribution in [1.82, 2.24) is 10.6 Å². The molecule has 8 nitrogen and oxygen atoms in total. The molecule has 1 aromatic rings. The van der Waals surface area contributed by atoms with Crippen LogP contribution in [0, 0.1) is 0 Å². The second-order valence-corrected chi connectivity index (χ2v) is 7.65. The molecule has 164 valence electrons. The Balaban J connectivity index is 1.93. The molecule has 1 unspecified atom stereocenters. The Hall–Kier alpha value is -2.61. The second-order valence-electron chi connectivity index (χ2n) is 7.24. The first-order chi connectivity index (χ1) is 14.2. The zero-order valence-electron chi connectivity index (χ0n) is 17.2. The highest BCUT2D eigenvalue weighted by molar-refractivity contribution is 6.31. The normalized spacial score (nSPS) is 19.5. The number of benzene rings is 1. The molecule has 2 rings (SSSR count). The minimum Gasteiger partial charge on any atom is -0.425 e. The number of alkyl carbamates (subject to hydrolysis) is 1. The fourth-order valence-electron chi connectivity index (χ4n) is 3.53. The molecule has 2 atom stereocenters. The zero-order valence-corrected chi connectivity index (χ0v) is 17.9. The number of rotatable bonds is 8. The maximum atomic E-state index is 12.8. The fourth-order valence-corrected chi connectivity index (χ4v) is 3.85. The van der Waals surface area contributed by atoms with E-state index in [9.17, 15) is 19.2 Å². The van der Waals surface area contributed by atoms with E-state index in [1.54, 1.807) is 18.2 Å². The minimum atomic E-state index is -1.12. The lowest BCUT2D eigenvalue weighted by Crippen LogP contribution is -2.49. The van der Waals surface area contributed by atoms with Gasteiger partial charge in [0.05, 0.1) is 11.8 Å². The van der Waals surface area contributed by atoms with Gasteiger partial charge in [0.1, 0.15) is 5.78 Å². The van der Waals surface area contributed by atoms with Gasteiger partial charge >= 0.3 is 12.1 Å². The molecule has 1 aliphatic carbocycles. The van der Waals surface area contributed by atoms with E-state index < -0.39 is 23.8 Å². The van der Waals surface area contributed by atoms with Crippen LogP contribution >= 0.6 is 11.6 Å². The molecule has 0 bridgehead atoms. The number of ketones is 1. The van der Waals surface area contributed by atoms with Gasteiger partial charge in [-0.1, -0.05) is 36.2 Å². The molecular weight excluding hydrogens is 412 g/mol. The van der Waals surface area contributed by atoms with Gasteiger partial charge in [-0.15, -0.1) is 0 Å². The van der Waals surface area contributed by atoms with Crippen molar-refractivity contribution in [2.45, 2.75) is 57.7 Å². The summed E-state index contributed by atoms with van der Waals surface area (Å²) in [6.45, 7) is 2.92. The first kappa shape index (κ1) is 23.7. The van der Waals surface area contributed by atoms with Crippen LogP contribution in [0.15, 0.2) is 24.3 Å². The molecule has 9 heteroatoms. The van der Waals surface area contributed by atoms with Gasteiger partial charge in [0.15, 0.2) is 0 Å². The lowest BCUT2D eigenvalue weighted by atomic mass is 9.68. The molecule has 30 heavy (non-hydrogen) atoms. The molecule has 2 amide bonds. The van der Waals surface area contributed by atoms with Crippen molar-refractivity contribution < 1.29 is 28.7 Å². The predicted molar refractivity (Wildman–Crippen MR) is 110 cm³/mol. The van der Waals surface area contributed by atoms with Crippen LogP contribution < -0.4 is 10.6 Å². The number of nitrogens with one attached hydrogen (secondary N) is 2. The molecule has 0 radical (unpaired) electrons. The maximum absolute atomic E-state index is 12.8. The molecule has 0 heterocycles. The first-order valence-electron chi connectivity index (χ1n) is 9.91. The highest BCUT2D eigenvalue weighted by atomic mass is 35.5. The highest BCUT2D eigenvalue weighted by Crippen LogP contribution is 2.39. The van der Waals surface area contributed by atoms with Gasteiger partial charge in [0, 0.05) is 38.4 Å². The molecule has 1 saturated carbocycles. The number of amides is 2. The zero-order chi connectivity index (χ0) is 22.1. The number of halogens is 1. The number of esters is 1. The van der Waals surface area contributed by atoms with Gasteiger partial charge in [0.25, 0.3) is 0 Å². The monoisotopic (exact) mass is 438 g/mol. The van der Waals surface area contributed by atoms with Crippen LogP contribution in [0.25, 0.3) is 0 Å². The second kappa shape index (κ2) is 11.0. The molecule has 0 spiro atoms. The number of carbonyl (C=O) groups excluding carboxylic acids is 4. The summed E-state index contributed by atoms with van der Waals surface area (Å²) in [4.78, 5) is 47.6. The SMILES string of the molecule is CC(=O)NCCC(=O)OC(C)OC(=O)NC[C@@]1(c2ccccc2Cl)CCCCC1=O. The Morgan fingerprint density at radius 3 is 2.57 bits per heavy atom. The number of ether oxygens (including phenoxy) is 2. The van der Waals surface area contributed by atoms with Crippen LogP contribution in [-0.2, 0) is 29.3 Å². The molecule has 1 aliphatic rings. The van der Waals surface area contributed by atoms with Gasteiger partial charge in [0.2, 0.25) is 12.2 Å². The Morgan fingerprint density at radius 1 is 1.17 bits per heavy atom. The van der Waals surface area contributed by atoms with E-state index in [1.165, 1.54) is 13.8 Å². The van der Waals surface area contributed by atoms with Gasteiger partial charge in [-0.25, -0.2) is 4.79 Å². The van der Waals surface area contributed by atoms with Crippen molar-refractivity contribution in [3.8, 4) is 0 Å². The van der Waals surface area contributed by atoms with E-state index in [0.717, 1.165) is 12.8 Å². The van der Waals surface area contributed by atoms with Crippen molar-refractivity contribution in [1.29, 1.82) is 0 Å². The average Bonchev–Trinajstić information content (AvgIpc) is 2.67. The van der Waals surface area contributed by atoms with E-state index in [-0.39, 0.29) is 31.2 Å². The summed E-state index contributed by atoms with van der Waals surface area (Å²) >= 11 is 6.35. The van der Waals surface area contributed by atoms with E-state index >= 15 is 0 Å². The van der Waals surface area contributed by atoms with E-state index in [0.29, 0.717) is 23.4 Å². The Bertz CT molecular complexity index is 799. The van der Waals surface area contributed by atoms with Gasteiger partial charge in [-0.05, 0) is 24.5 Å². The summed E-state index contributed by atoms with van der Waals surface area (Å²) in [5, 5.41) is 5.57. The van der Waals surface area contributed by atoms with Gasteiger partial charge < -0.3 is 20.1 Å². The maximum Gasteiger partial charge on any atom is 0.410 e. The summed E-state index contributed by atoms with van der Waals surface area (Å²) in [6.07, 6.45) is 0.680. The van der Waals surface area contributed by atoms with Crippen LogP contribution in [0.1, 0.15) is 51.5 Å². The average molecular weight is 439 g/mol. The van der Waals surface area contributed by atoms with Gasteiger partial charge in [-0.3, -0.25) is 14.4 Å². The molecule has 0 aliphatic heterocycles. The van der Waals surface area contributed by atoms with Crippen LogP contribution in [0.3, 0.4) is 0 Å². The summed E-state index contributed by atoms with van der Waals surface area (Å²) < 4.78 is 10.0. The lowest BCUT2D eigenvalue weighted by Gasteiger charge is -2.36. The van der Waals surface area contributed by atoms with Crippen LogP contribution in [0.5, 0.6) is 0 Å². The number of hydrogen-bond donors (Lipinski definition) is 2. The van der Waals surface area contributed by atoms with Crippen LogP contribution in [0.4, 0.5) is 4.79 Å². The number of Topliss-reactive ketones (excluding diaryl/α,β-unsaturated/α-hetero) is 1. The molecular formula is C21H27ClN2O6. The van der Waals surface area contributed by atoms with Crippen molar-refractivity contribution in [3.63, 3.8) is 0 Å². The third-order valence-corrected chi connectivity index (χ3v) is 5.32. The summed E-state index contributed by atoms with van der Waals surface area (Å²) in [7, 11) is 0. The standard InChI is InChI=1S/C21H27ClN2O6/c1-14(25)23-12-10-19(27)29-15(2)30-20(28)24-13-21(11-6-5-9-18(21)26)16-7-3-4-8-17(16)22/h3-4,7-8,15H,5-6,9-13H2,1-2H3,(H,23,25)(H,24,28)/t15?,21-/m1/s1. The fraction of sp³-hybridized carbons (Fsp3) is 0.524. The topological polar surface area (TPSA) is 111 Å². The molecule has 0 aromatic heterocycles. The van der Waals surface area contributed by atoms with Crippen molar-refractivity contribution >= 4 is 35.4 Å². The molecule has 0 saturated heterocycles. The number of carbonyl (C=O) groups is 4. The third kappa shape index (κ3) is 6.45. The van der Waals surface area contributed by atoms with Crippen molar-refractivity contribution in [2.24, 2.45) is 0 Å². The van der Waals surface area contributed by atoms with Crippen molar-refractivity contribution in [2.75, 3.05) is 13.1 Å². The quantitative estimate of drug-likeness (QED) is 0.477. The Kier molecular flexibility index (Phi) is 8.65. The summed E-state index contributed by atoms with van der Waals surface area (Å²) in [6, 6.07) is 7.13.